The zero-order chi connectivity index (χ0) is 9.40. The van der Waals surface area contributed by atoms with Gasteiger partial charge in [-0.1, -0.05) is 32.1 Å². The number of hydrogen-bond acceptors (Lipinski definition) is 2. The van der Waals surface area contributed by atoms with Crippen LogP contribution in [0.3, 0.4) is 0 Å². The first kappa shape index (κ1) is 12.2. The fourth-order valence-corrected chi connectivity index (χ4v) is 2.29. The minimum Gasteiger partial charge on any atom is -0.288 e. The second-order valence-electron chi connectivity index (χ2n) is 1.95. The normalized spacial score (nSPS) is 19.8. The van der Waals surface area contributed by atoms with Crippen LogP contribution in [0.1, 0.15) is 20.3 Å². The zero-order valence-electron chi connectivity index (χ0n) is 7.29. The Balaban J connectivity index is 0.000000561. The summed E-state index contributed by atoms with van der Waals surface area (Å²) >= 11 is 3.53. The molecule has 1 heterocycles. The number of thioether (sulfide) groups is 1. The summed E-state index contributed by atoms with van der Waals surface area (Å²) in [6, 6.07) is 0. The molecule has 0 N–H and O–H groups in total. The molecule has 0 spiro atoms. The third-order valence-electron chi connectivity index (χ3n) is 1.13. The second-order valence-corrected chi connectivity index (χ2v) is 4.30. The van der Waals surface area contributed by atoms with E-state index in [1.165, 1.54) is 0 Å². The minimum absolute atomic E-state index is 0.232. The molecule has 0 aromatic heterocycles. The molecule has 1 aliphatic rings. The SMILES string of the molecule is CC.O=C(I)CC1C=CC=CS1. The van der Waals surface area contributed by atoms with E-state index in [2.05, 4.69) is 6.08 Å². The van der Waals surface area contributed by atoms with Gasteiger partial charge in [0, 0.05) is 11.7 Å². The van der Waals surface area contributed by atoms with Crippen molar-refractivity contribution in [2.24, 2.45) is 0 Å². The molecule has 1 rings (SSSR count). The van der Waals surface area contributed by atoms with Crippen LogP contribution >= 0.6 is 34.4 Å². The van der Waals surface area contributed by atoms with Gasteiger partial charge < -0.3 is 0 Å². The summed E-state index contributed by atoms with van der Waals surface area (Å²) in [4.78, 5) is 10.6. The van der Waals surface area contributed by atoms with Gasteiger partial charge in [0.2, 0.25) is 0 Å². The van der Waals surface area contributed by atoms with E-state index < -0.39 is 0 Å². The maximum atomic E-state index is 10.6. The lowest BCUT2D eigenvalue weighted by atomic mass is 10.3. The summed E-state index contributed by atoms with van der Waals surface area (Å²) in [6.07, 6.45) is 6.67. The Morgan fingerprint density at radius 1 is 1.50 bits per heavy atom. The molecule has 3 heteroatoms. The average molecular weight is 296 g/mol. The van der Waals surface area contributed by atoms with Gasteiger partial charge in [0.1, 0.15) is 0 Å². The maximum Gasteiger partial charge on any atom is 0.193 e. The largest absolute Gasteiger partial charge is 0.288 e. The summed E-state index contributed by atoms with van der Waals surface area (Å²) in [5, 5.41) is 2.39. The highest BCUT2D eigenvalue weighted by Crippen LogP contribution is 2.22. The summed E-state index contributed by atoms with van der Waals surface area (Å²) in [5.74, 6) is 0. The van der Waals surface area contributed by atoms with Crippen LogP contribution in [0.5, 0.6) is 0 Å². The lowest BCUT2D eigenvalue weighted by Crippen LogP contribution is -2.02. The predicted octanol–water partition coefficient (Wildman–Crippen LogP) is 3.55. The van der Waals surface area contributed by atoms with Gasteiger partial charge >= 0.3 is 0 Å². The molecule has 0 radical (unpaired) electrons. The first-order valence-corrected chi connectivity index (χ1v) is 5.98. The van der Waals surface area contributed by atoms with Crippen LogP contribution in [-0.2, 0) is 4.79 Å². The van der Waals surface area contributed by atoms with Crippen molar-refractivity contribution in [1.29, 1.82) is 0 Å². The van der Waals surface area contributed by atoms with Crippen molar-refractivity contribution in [3.63, 3.8) is 0 Å². The Kier molecular flexibility index (Phi) is 8.01. The van der Waals surface area contributed by atoms with E-state index in [1.54, 1.807) is 11.8 Å². The van der Waals surface area contributed by atoms with Crippen molar-refractivity contribution in [3.05, 3.63) is 23.6 Å². The van der Waals surface area contributed by atoms with E-state index >= 15 is 0 Å². The predicted molar refractivity (Wildman–Crippen MR) is 64.7 cm³/mol. The molecule has 0 saturated heterocycles. The summed E-state index contributed by atoms with van der Waals surface area (Å²) < 4.78 is 0.232. The molecule has 0 aromatic rings. The Labute approximate surface area is 91.8 Å². The molecule has 1 unspecified atom stereocenters. The Bertz CT molecular complexity index is 187. The van der Waals surface area contributed by atoms with Crippen LogP contribution < -0.4 is 0 Å². The van der Waals surface area contributed by atoms with Crippen LogP contribution in [0.15, 0.2) is 23.6 Å². The summed E-state index contributed by atoms with van der Waals surface area (Å²) in [6.45, 7) is 4.00. The van der Waals surface area contributed by atoms with Gasteiger partial charge in [0.05, 0.1) is 0 Å². The third kappa shape index (κ3) is 5.83. The molecule has 12 heavy (non-hydrogen) atoms. The number of hydrogen-bond donors (Lipinski definition) is 0. The van der Waals surface area contributed by atoms with Crippen LogP contribution in [-0.4, -0.2) is 9.04 Å². The molecule has 0 bridgehead atoms. The fraction of sp³-hybridized carbons (Fsp3) is 0.444. The average Bonchev–Trinajstić information content (AvgIpc) is 2.08. The highest BCUT2D eigenvalue weighted by atomic mass is 127. The molecule has 0 amide bonds. The second kappa shape index (κ2) is 7.86. The third-order valence-corrected chi connectivity index (χ3v) is 2.56. The van der Waals surface area contributed by atoms with Crippen molar-refractivity contribution in [3.8, 4) is 0 Å². The highest BCUT2D eigenvalue weighted by Gasteiger charge is 2.08. The summed E-state index contributed by atoms with van der Waals surface area (Å²) in [7, 11) is 0. The van der Waals surface area contributed by atoms with Crippen molar-refractivity contribution in [1.82, 2.24) is 0 Å². The van der Waals surface area contributed by atoms with Crippen molar-refractivity contribution in [2.75, 3.05) is 0 Å². The highest BCUT2D eigenvalue weighted by molar-refractivity contribution is 14.1. The number of allylic oxidation sites excluding steroid dienone is 2. The molecule has 68 valence electrons. The molecular formula is C9H13IOS. The first-order chi connectivity index (χ1) is 5.79. The van der Waals surface area contributed by atoms with E-state index in [-0.39, 0.29) is 3.79 Å². The molecule has 0 aliphatic carbocycles. The lowest BCUT2D eigenvalue weighted by Gasteiger charge is -2.08. The first-order valence-electron chi connectivity index (χ1n) is 3.96. The molecule has 1 aliphatic heterocycles. The van der Waals surface area contributed by atoms with E-state index in [0.29, 0.717) is 11.7 Å². The molecule has 0 fully saturated rings. The van der Waals surface area contributed by atoms with Gasteiger partial charge in [-0.15, -0.1) is 11.8 Å². The fourth-order valence-electron chi connectivity index (χ4n) is 0.699. The minimum atomic E-state index is 0.232. The quantitative estimate of drug-likeness (QED) is 0.572. The molecule has 1 atom stereocenters. The zero-order valence-corrected chi connectivity index (χ0v) is 10.3. The standard InChI is InChI=1S/C7H7IOS.C2H6/c8-7(9)5-6-3-1-2-4-10-6;1-2/h1-4,6H,5H2;1-2H3. The topological polar surface area (TPSA) is 17.1 Å². The van der Waals surface area contributed by atoms with E-state index in [9.17, 15) is 4.79 Å². The van der Waals surface area contributed by atoms with Crippen LogP contribution in [0.25, 0.3) is 0 Å². The van der Waals surface area contributed by atoms with Gasteiger partial charge in [-0.25, -0.2) is 0 Å². The number of carbonyl (C=O) groups excluding carboxylic acids is 1. The monoisotopic (exact) mass is 296 g/mol. The van der Waals surface area contributed by atoms with Crippen molar-refractivity contribution in [2.45, 2.75) is 25.5 Å². The smallest absolute Gasteiger partial charge is 0.193 e. The Morgan fingerprint density at radius 3 is 2.58 bits per heavy atom. The van der Waals surface area contributed by atoms with Gasteiger partial charge in [-0.3, -0.25) is 4.79 Å². The Hall–Kier alpha value is 0.230. The summed E-state index contributed by atoms with van der Waals surface area (Å²) in [5.41, 5.74) is 0. The molecule has 0 aromatic carbocycles. The molecule has 0 saturated carbocycles. The number of rotatable bonds is 2. The van der Waals surface area contributed by atoms with Crippen LogP contribution in [0.4, 0.5) is 0 Å². The molecule has 1 nitrogen and oxygen atoms in total. The Morgan fingerprint density at radius 2 is 2.17 bits per heavy atom. The van der Waals surface area contributed by atoms with Crippen molar-refractivity contribution >= 4 is 38.1 Å². The molecular weight excluding hydrogens is 283 g/mol. The van der Waals surface area contributed by atoms with Gasteiger partial charge in [-0.2, -0.15) is 0 Å². The maximum absolute atomic E-state index is 10.6. The van der Waals surface area contributed by atoms with Crippen LogP contribution in [0, 0.1) is 0 Å². The van der Waals surface area contributed by atoms with E-state index in [0.717, 1.165) is 0 Å². The number of carbonyl (C=O) groups is 1. The van der Waals surface area contributed by atoms with Gasteiger partial charge in [0.15, 0.2) is 3.79 Å². The van der Waals surface area contributed by atoms with Crippen molar-refractivity contribution < 1.29 is 4.79 Å². The van der Waals surface area contributed by atoms with E-state index in [1.807, 2.05) is 54.0 Å². The van der Waals surface area contributed by atoms with Gasteiger partial charge in [0.25, 0.3) is 0 Å². The lowest BCUT2D eigenvalue weighted by molar-refractivity contribution is -0.109. The van der Waals surface area contributed by atoms with Gasteiger partial charge in [-0.05, 0) is 28.0 Å². The number of halogens is 1. The van der Waals surface area contributed by atoms with Crippen LogP contribution in [0.2, 0.25) is 0 Å². The van der Waals surface area contributed by atoms with E-state index in [4.69, 9.17) is 0 Å².